The molecule has 2 N–H and O–H groups in total. The van der Waals surface area contributed by atoms with Crippen LogP contribution in [0.5, 0.6) is 0 Å². The predicted octanol–water partition coefficient (Wildman–Crippen LogP) is 30.3. The summed E-state index contributed by atoms with van der Waals surface area (Å²) in [6, 6.07) is 60.8. The maximum atomic E-state index is 5.12. The SMILES string of the molecule is CC.CC.CC.CC.CC.CC(C)(C)C1=Cc2ccccc2C1.CC(C)(C)C1=Cc2ccccc2C1.CC(C)(C)c1ccc2cc[nH][n+]2c1.CC(C)(C)c1ccc2cn[nH]c2c1.CC(C)C.CC(C)C.CC1=C(C(C)(C)C)Cc2ccccc21.CCC.c1ccc2occc2c1.c1ccccc1. The monoisotopic (exact) mass is 1390 g/mol. The first-order valence-corrected chi connectivity index (χ1v) is 38.8. The van der Waals surface area contributed by atoms with Gasteiger partial charge in [-0.25, -0.2) is 0 Å². The van der Waals surface area contributed by atoms with Crippen molar-refractivity contribution in [1.82, 2.24) is 15.3 Å². The first-order valence-electron chi connectivity index (χ1n) is 38.8. The number of nitrogens with zero attached hydrogens (tertiary/aromatic N) is 2. The number of para-hydroxylation sites is 1. The molecule has 5 nitrogen and oxygen atoms in total. The van der Waals surface area contributed by atoms with Crippen molar-refractivity contribution in [2.75, 3.05) is 0 Å². The molecule has 0 amide bonds. The largest absolute Gasteiger partial charge is 0.464 e. The third kappa shape index (κ3) is 36.9. The Kier molecular flexibility index (Phi) is 47.7. The van der Waals surface area contributed by atoms with Gasteiger partial charge in [0.15, 0.2) is 0 Å². The number of pyridine rings is 1. The standard InChI is InChI=1S/C14H18.2C13H16.2C11H14N2.C8H6O.C6H6.2C4H10.C3H8.5C2H6/c1-10-12-8-6-5-7-11(12)9-13(10)14(2,3)4;2*1-13(2,3)12-8-10-6-4-5-7-11(10)9-12;1-11(2,3)9-5-4-8-7-12-13-10(8)6-9;1-11(2,3)9-4-5-10-6-7-12-13(10)8-9;1-2-4-8-7(3-1)5-6-9-8;1-2-4-6-5-3-1;2*1-4(2)3;1-3-2;5*1-2/h5-8H,9H2,1-4H3;2*4-8H,9H2,1-3H3;4-7H,1-3H3,(H,12,13);4-8H,1-3H3;1-6H;1-6H;2*4H,1-3H3;3H2,1-2H3;5*1-2H3/p+1. The van der Waals surface area contributed by atoms with E-state index in [0.29, 0.717) is 16.2 Å². The molecule has 3 aliphatic rings. The summed E-state index contributed by atoms with van der Waals surface area (Å²) in [5, 5.41) is 12.5. The van der Waals surface area contributed by atoms with Crippen LogP contribution in [0, 0.1) is 28.1 Å². The normalized spacial score (nSPS) is 11.8. The molecular formula is C97H149N4O+. The second kappa shape index (κ2) is 50.6. The fraction of sp³-hybridized carbons (Fsp3) is 0.464. The number of allylic oxidation sites excluding steroid dienone is 4. The Hall–Kier alpha value is -7.76. The van der Waals surface area contributed by atoms with Crippen molar-refractivity contribution in [3.63, 3.8) is 0 Å². The number of benzene rings is 6. The molecule has 4 heterocycles. The molecule has 0 spiro atoms. The van der Waals surface area contributed by atoms with Crippen LogP contribution in [0.25, 0.3) is 45.1 Å². The first-order chi connectivity index (χ1) is 48.1. The molecule has 0 atom stereocenters. The van der Waals surface area contributed by atoms with Crippen LogP contribution in [0.1, 0.15) is 286 Å². The van der Waals surface area contributed by atoms with Gasteiger partial charge in [0.2, 0.25) is 11.7 Å². The molecular weight excluding hydrogens is 1240 g/mol. The Morgan fingerprint density at radius 1 is 0.431 bits per heavy atom. The smallest absolute Gasteiger partial charge is 0.237 e. The molecule has 0 saturated heterocycles. The quantitative estimate of drug-likeness (QED) is 0.149. The zero-order chi connectivity index (χ0) is 78.5. The van der Waals surface area contributed by atoms with E-state index in [0.717, 1.165) is 47.6 Å². The third-order valence-corrected chi connectivity index (χ3v) is 15.3. The van der Waals surface area contributed by atoms with E-state index in [-0.39, 0.29) is 10.8 Å². The van der Waals surface area contributed by atoms with E-state index < -0.39 is 0 Å². The lowest BCUT2D eigenvalue weighted by Gasteiger charge is -2.21. The number of hydrogen-bond donors (Lipinski definition) is 2. The summed E-state index contributed by atoms with van der Waals surface area (Å²) in [6.45, 7) is 73.4. The highest BCUT2D eigenvalue weighted by Crippen LogP contribution is 2.42. The molecule has 0 aliphatic heterocycles. The summed E-state index contributed by atoms with van der Waals surface area (Å²) in [5.74, 6) is 1.67. The Morgan fingerprint density at radius 2 is 0.843 bits per heavy atom. The molecule has 0 saturated carbocycles. The van der Waals surface area contributed by atoms with E-state index in [2.05, 4.69) is 309 Å². The summed E-state index contributed by atoms with van der Waals surface area (Å²) in [6.07, 6.45) is 17.0. The van der Waals surface area contributed by atoms with Gasteiger partial charge in [-0.3, -0.25) is 5.10 Å². The summed E-state index contributed by atoms with van der Waals surface area (Å²) < 4.78 is 7.16. The molecule has 5 heteroatoms. The fourth-order valence-corrected chi connectivity index (χ4v) is 9.98. The summed E-state index contributed by atoms with van der Waals surface area (Å²) in [4.78, 5) is 0. The number of H-pyrrole nitrogens is 2. The average molecular weight is 1390 g/mol. The van der Waals surface area contributed by atoms with Gasteiger partial charge >= 0.3 is 0 Å². The van der Waals surface area contributed by atoms with Crippen LogP contribution >= 0.6 is 0 Å². The molecule has 3 aliphatic carbocycles. The van der Waals surface area contributed by atoms with Gasteiger partial charge in [0, 0.05) is 28.5 Å². The highest BCUT2D eigenvalue weighted by atomic mass is 16.3. The lowest BCUT2D eigenvalue weighted by Crippen LogP contribution is -2.25. The zero-order valence-electron chi connectivity index (χ0n) is 71.5. The molecule has 13 rings (SSSR count). The summed E-state index contributed by atoms with van der Waals surface area (Å²) in [5.41, 5.74) is 22.2. The highest BCUT2D eigenvalue weighted by molar-refractivity contribution is 5.79. The Bertz CT molecular complexity index is 3610. The van der Waals surface area contributed by atoms with Gasteiger partial charge in [-0.1, -0.05) is 408 Å². The van der Waals surface area contributed by atoms with Crippen molar-refractivity contribution < 1.29 is 8.93 Å². The van der Waals surface area contributed by atoms with Gasteiger partial charge in [0.25, 0.3) is 0 Å². The number of nitrogens with one attached hydrogen (secondary N) is 2. The Labute approximate surface area is 627 Å². The number of furan rings is 1. The molecule has 0 fully saturated rings. The van der Waals surface area contributed by atoms with Gasteiger partial charge in [-0.05, 0) is 134 Å². The van der Waals surface area contributed by atoms with Crippen LogP contribution < -0.4 is 4.52 Å². The average Bonchev–Trinajstić information content (AvgIpc) is 1.64. The lowest BCUT2D eigenvalue weighted by atomic mass is 9.83. The number of aromatic nitrogens is 4. The van der Waals surface area contributed by atoms with Gasteiger partial charge in [0.05, 0.1) is 24.2 Å². The summed E-state index contributed by atoms with van der Waals surface area (Å²) in [7, 11) is 0. The Morgan fingerprint density at radius 3 is 1.25 bits per heavy atom. The van der Waals surface area contributed by atoms with Crippen molar-refractivity contribution in [3.8, 4) is 0 Å². The molecule has 6 aromatic carbocycles. The second-order valence-corrected chi connectivity index (χ2v) is 30.9. The molecule has 562 valence electrons. The number of rotatable bonds is 0. The van der Waals surface area contributed by atoms with E-state index in [1.807, 2.05) is 153 Å². The zero-order valence-corrected chi connectivity index (χ0v) is 71.5. The third-order valence-electron chi connectivity index (χ3n) is 15.3. The molecule has 0 bridgehead atoms. The topological polar surface area (TPSA) is 61.7 Å². The van der Waals surface area contributed by atoms with Crippen molar-refractivity contribution in [3.05, 3.63) is 262 Å². The maximum absolute atomic E-state index is 5.12. The minimum Gasteiger partial charge on any atom is -0.464 e. The Balaban J connectivity index is 0. The van der Waals surface area contributed by atoms with E-state index in [9.17, 15) is 0 Å². The van der Waals surface area contributed by atoms with Crippen LogP contribution in [0.15, 0.2) is 222 Å². The van der Waals surface area contributed by atoms with Crippen LogP contribution in [0.3, 0.4) is 0 Å². The van der Waals surface area contributed by atoms with Gasteiger partial charge in [-0.15, -0.1) is 0 Å². The molecule has 4 aromatic heterocycles. The minimum atomic E-state index is 0.208. The summed E-state index contributed by atoms with van der Waals surface area (Å²) >= 11 is 0. The van der Waals surface area contributed by atoms with Gasteiger partial charge in [-0.2, -0.15) is 10.2 Å². The number of fused-ring (bicyclic) bond motifs is 6. The molecule has 102 heavy (non-hydrogen) atoms. The van der Waals surface area contributed by atoms with Crippen molar-refractivity contribution in [2.24, 2.45) is 28.1 Å². The lowest BCUT2D eigenvalue weighted by molar-refractivity contribution is -0.577. The molecule has 0 radical (unpaired) electrons. The van der Waals surface area contributed by atoms with Crippen molar-refractivity contribution >= 4 is 45.1 Å². The fourth-order valence-electron chi connectivity index (χ4n) is 9.98. The molecule has 0 unspecified atom stereocenters. The van der Waals surface area contributed by atoms with E-state index in [4.69, 9.17) is 4.42 Å². The number of aromatic amines is 2. The van der Waals surface area contributed by atoms with Gasteiger partial charge in [0.1, 0.15) is 5.58 Å². The van der Waals surface area contributed by atoms with E-state index >= 15 is 0 Å². The predicted molar refractivity (Wildman–Crippen MR) is 461 cm³/mol. The first kappa shape index (κ1) is 96.3. The minimum absolute atomic E-state index is 0.208. The molecule has 10 aromatic rings. The van der Waals surface area contributed by atoms with Crippen molar-refractivity contribution in [1.29, 1.82) is 0 Å². The number of hydrogen-bond acceptors (Lipinski definition) is 2. The highest BCUT2D eigenvalue weighted by Gasteiger charge is 2.27. The van der Waals surface area contributed by atoms with Crippen LogP contribution in [-0.4, -0.2) is 15.3 Å². The van der Waals surface area contributed by atoms with Crippen LogP contribution in [0.4, 0.5) is 0 Å². The van der Waals surface area contributed by atoms with Crippen LogP contribution in [-0.2, 0) is 30.1 Å². The maximum Gasteiger partial charge on any atom is 0.237 e. The van der Waals surface area contributed by atoms with Crippen LogP contribution in [0.2, 0.25) is 0 Å². The second-order valence-electron chi connectivity index (χ2n) is 30.9. The van der Waals surface area contributed by atoms with Gasteiger partial charge < -0.3 is 4.42 Å². The van der Waals surface area contributed by atoms with E-state index in [1.54, 1.807) is 23.0 Å². The van der Waals surface area contributed by atoms with Crippen molar-refractivity contribution in [2.45, 2.75) is 272 Å². The van der Waals surface area contributed by atoms with E-state index in [1.165, 1.54) is 67.4 Å².